The van der Waals surface area contributed by atoms with Gasteiger partial charge in [0.15, 0.2) is 28.4 Å². The van der Waals surface area contributed by atoms with Crippen LogP contribution in [0.1, 0.15) is 104 Å². The van der Waals surface area contributed by atoms with Crippen LogP contribution in [-0.2, 0) is 53.8 Å². The van der Waals surface area contributed by atoms with E-state index in [1.165, 1.54) is 50.3 Å². The number of rotatable bonds is 25. The van der Waals surface area contributed by atoms with Crippen molar-refractivity contribution in [2.45, 2.75) is 110 Å². The fourth-order valence-corrected chi connectivity index (χ4v) is 9.82. The second-order valence-corrected chi connectivity index (χ2v) is 20.7. The molecule has 424 valence electrons. The van der Waals surface area contributed by atoms with Gasteiger partial charge >= 0.3 is 6.09 Å². The molecule has 5 atom stereocenters. The van der Waals surface area contributed by atoms with Crippen molar-refractivity contribution < 1.29 is 70.3 Å². The highest BCUT2D eigenvalue weighted by molar-refractivity contribution is 7.86. The van der Waals surface area contributed by atoms with E-state index in [1.807, 2.05) is 19.1 Å². The Morgan fingerprint density at radius 2 is 1.47 bits per heavy atom. The van der Waals surface area contributed by atoms with Gasteiger partial charge in [0.1, 0.15) is 25.3 Å². The van der Waals surface area contributed by atoms with E-state index < -0.39 is 81.1 Å². The molecule has 0 fully saturated rings. The van der Waals surface area contributed by atoms with Crippen molar-refractivity contribution in [1.29, 1.82) is 0 Å². The average molecular weight is 1110 g/mol. The predicted octanol–water partition coefficient (Wildman–Crippen LogP) is 4.83. The summed E-state index contributed by atoms with van der Waals surface area (Å²) in [6.45, 7) is 7.80. The van der Waals surface area contributed by atoms with Gasteiger partial charge in [0.05, 0.1) is 60.7 Å². The van der Waals surface area contributed by atoms with Gasteiger partial charge in [-0.2, -0.15) is 13.9 Å². The summed E-state index contributed by atoms with van der Waals surface area (Å²) in [7, 11) is -1.98. The van der Waals surface area contributed by atoms with Gasteiger partial charge in [-0.25, -0.2) is 4.79 Å². The Morgan fingerprint density at radius 1 is 0.823 bits per heavy atom. The number of ether oxygens (including phenoxy) is 4. The Hall–Kier alpha value is -8.45. The Balaban J connectivity index is 1.20. The molecule has 7 amide bonds. The summed E-state index contributed by atoms with van der Waals surface area (Å²) in [6.07, 6.45) is 4.24. The van der Waals surface area contributed by atoms with E-state index >= 15 is 0 Å². The molecule has 2 aliphatic rings. The lowest BCUT2D eigenvalue weighted by Crippen LogP contribution is -2.55. The number of hydrogen-bond acceptors (Lipinski definition) is 16. The molecule has 25 heteroatoms. The van der Waals surface area contributed by atoms with E-state index in [0.717, 1.165) is 5.56 Å². The molecule has 0 aliphatic carbocycles. The lowest BCUT2D eigenvalue weighted by molar-refractivity contribution is -0.136. The van der Waals surface area contributed by atoms with Crippen LogP contribution in [0.5, 0.6) is 23.0 Å². The fourth-order valence-electron chi connectivity index (χ4n) is 8.91. The standard InChI is InChI=1S/C54H67N9O15S/c1-8-9-15-31(4)52(79(71,72)73)59-39-25-44(42(74-6)23-37(39)49(56)66)76-28-34-17-14-18-35(58-34)29-77-45-26-41-38(24-43(45)75-7)53(69)63-36(22-33-16-10-11-19-40(33)63)27-62(41)54(70)78-61-50(67)32(5)57-51(68)48(30(2)3)60-47(65)21-13-12-20-46(55)64/h9-11,14-19,23-26,30-32,36,48,52,59H,8,12-13,20-22,27-29H2,1-7H3,(H2,55,64)(H2,56,66)(H,57,68)(H,60,65)(H,61,67)(H,71,72,73)/b15-9-/t31?,32-,36-,48-,52?/m0/s1. The molecule has 1 aromatic heterocycles. The zero-order valence-electron chi connectivity index (χ0n) is 44.9. The predicted molar refractivity (Wildman–Crippen MR) is 290 cm³/mol. The van der Waals surface area contributed by atoms with Crippen molar-refractivity contribution >= 4 is 68.7 Å². The van der Waals surface area contributed by atoms with E-state index in [0.29, 0.717) is 42.8 Å². The van der Waals surface area contributed by atoms with E-state index in [9.17, 15) is 46.5 Å². The molecular weight excluding hydrogens is 1050 g/mol. The second-order valence-electron chi connectivity index (χ2n) is 19.2. The maximum atomic E-state index is 14.6. The van der Waals surface area contributed by atoms with Crippen LogP contribution in [-0.4, -0.2) is 104 Å². The smallest absolute Gasteiger partial charge is 0.438 e. The van der Waals surface area contributed by atoms with E-state index in [2.05, 4.69) is 26.4 Å². The van der Waals surface area contributed by atoms with E-state index in [1.54, 1.807) is 68.2 Å². The number of pyridine rings is 1. The van der Waals surface area contributed by atoms with Gasteiger partial charge in [-0.15, -0.1) is 0 Å². The van der Waals surface area contributed by atoms with Crippen LogP contribution in [0, 0.1) is 11.8 Å². The van der Waals surface area contributed by atoms with Crippen molar-refractivity contribution in [1.82, 2.24) is 21.1 Å². The van der Waals surface area contributed by atoms with E-state index in [4.69, 9.17) is 35.3 Å². The molecule has 3 heterocycles. The minimum Gasteiger partial charge on any atom is -0.493 e. The van der Waals surface area contributed by atoms with Gasteiger partial charge in [-0.1, -0.05) is 64.1 Å². The van der Waals surface area contributed by atoms with Crippen LogP contribution < -0.4 is 61.6 Å². The molecule has 0 saturated heterocycles. The first-order valence-corrected chi connectivity index (χ1v) is 27.0. The summed E-state index contributed by atoms with van der Waals surface area (Å²) >= 11 is 0. The lowest BCUT2D eigenvalue weighted by atomic mass is 10.0. The molecule has 24 nitrogen and oxygen atoms in total. The average Bonchev–Trinajstić information content (AvgIpc) is 4.03. The van der Waals surface area contributed by atoms with Crippen molar-refractivity contribution in [2.75, 3.05) is 35.9 Å². The molecule has 9 N–H and O–H groups in total. The Morgan fingerprint density at radius 3 is 2.09 bits per heavy atom. The molecular formula is C54H67N9O15S. The monoisotopic (exact) mass is 1110 g/mol. The molecule has 0 radical (unpaired) electrons. The zero-order valence-corrected chi connectivity index (χ0v) is 45.7. The number of carbonyl (C=O) groups excluding carboxylic acids is 7. The van der Waals surface area contributed by atoms with Gasteiger partial charge in [0.25, 0.3) is 27.8 Å². The minimum absolute atomic E-state index is 0.0423. The minimum atomic E-state index is -4.70. The number of hydroxylamine groups is 1. The van der Waals surface area contributed by atoms with Crippen LogP contribution in [0.3, 0.4) is 0 Å². The number of unbranched alkanes of at least 4 members (excludes halogenated alkanes) is 1. The molecule has 2 unspecified atom stereocenters. The molecule has 3 aromatic carbocycles. The van der Waals surface area contributed by atoms with Crippen LogP contribution in [0.15, 0.2) is 78.9 Å². The summed E-state index contributed by atoms with van der Waals surface area (Å²) in [5, 5.41) is 6.39. The Bertz CT molecular complexity index is 3080. The van der Waals surface area contributed by atoms with Gasteiger partial charge in [0.2, 0.25) is 17.7 Å². The number of para-hydroxylation sites is 1. The van der Waals surface area contributed by atoms with Crippen molar-refractivity contribution in [2.24, 2.45) is 23.3 Å². The third kappa shape index (κ3) is 15.2. The highest BCUT2D eigenvalue weighted by atomic mass is 32.2. The summed E-state index contributed by atoms with van der Waals surface area (Å²) in [5.41, 5.74) is 15.2. The molecule has 6 rings (SSSR count). The zero-order chi connectivity index (χ0) is 57.7. The first-order valence-electron chi connectivity index (χ1n) is 25.5. The highest BCUT2D eigenvalue weighted by Crippen LogP contribution is 2.43. The van der Waals surface area contributed by atoms with Crippen LogP contribution in [0.2, 0.25) is 0 Å². The maximum Gasteiger partial charge on any atom is 0.438 e. The largest absolute Gasteiger partial charge is 0.493 e. The molecule has 2 aliphatic heterocycles. The number of nitrogens with one attached hydrogen (secondary N) is 4. The number of methoxy groups -OCH3 is 2. The SMILES string of the molecule is CC/C=C\C(C)C(Nc1cc(OCc2cccc(COc3cc4c(cc3OC)C(=O)N3c5ccccc5C[C@H]3CN4C(=O)ONC(=O)[C@H](C)NC(=O)[C@@H](NC(=O)CCCCC(N)=O)C(C)C)n2)c(OC)cc1C(N)=O)S(=O)(=O)O. The summed E-state index contributed by atoms with van der Waals surface area (Å²) in [5.74, 6) is -4.55. The van der Waals surface area contributed by atoms with E-state index in [-0.39, 0.29) is 84.0 Å². The van der Waals surface area contributed by atoms with Gasteiger partial charge in [0, 0.05) is 36.6 Å². The summed E-state index contributed by atoms with van der Waals surface area (Å²) in [4.78, 5) is 105. The first-order chi connectivity index (χ1) is 37.5. The molecule has 0 spiro atoms. The van der Waals surface area contributed by atoms with Crippen molar-refractivity contribution in [3.8, 4) is 23.0 Å². The Labute approximate surface area is 457 Å². The molecule has 0 saturated carbocycles. The summed E-state index contributed by atoms with van der Waals surface area (Å²) in [6, 6.07) is 15.0. The number of nitrogens with two attached hydrogens (primary N) is 2. The number of carbonyl (C=O) groups is 7. The quantitative estimate of drug-likeness (QED) is 0.0202. The fraction of sp³-hybridized carbons (Fsp3) is 0.407. The van der Waals surface area contributed by atoms with Crippen molar-refractivity contribution in [3.05, 3.63) is 107 Å². The second kappa shape index (κ2) is 26.7. The number of hydrogen-bond donors (Lipinski definition) is 7. The molecule has 0 bridgehead atoms. The number of anilines is 3. The maximum absolute atomic E-state index is 14.6. The number of aromatic nitrogens is 1. The number of allylic oxidation sites excluding steroid dienone is 1. The highest BCUT2D eigenvalue weighted by Gasteiger charge is 2.43. The van der Waals surface area contributed by atoms with Crippen LogP contribution in [0.25, 0.3) is 0 Å². The number of amides is 7. The van der Waals surface area contributed by atoms with Crippen molar-refractivity contribution in [3.63, 3.8) is 0 Å². The number of nitrogens with zero attached hydrogens (tertiary/aromatic N) is 3. The van der Waals surface area contributed by atoms with Crippen LogP contribution >= 0.6 is 0 Å². The number of fused-ring (bicyclic) bond motifs is 4. The van der Waals surface area contributed by atoms with Gasteiger partial charge in [-0.05, 0) is 74.4 Å². The lowest BCUT2D eigenvalue weighted by Gasteiger charge is -2.26. The first kappa shape index (κ1) is 59.8. The van der Waals surface area contributed by atoms with Crippen LogP contribution in [0.4, 0.5) is 21.9 Å². The number of primary amides is 2. The normalized spacial score (nSPS) is 15.3. The van der Waals surface area contributed by atoms with Gasteiger partial charge in [-0.3, -0.25) is 43.2 Å². The third-order valence-corrected chi connectivity index (χ3v) is 14.2. The molecule has 4 aromatic rings. The van der Waals surface area contributed by atoms with Gasteiger partial charge < -0.3 is 56.1 Å². The third-order valence-electron chi connectivity index (χ3n) is 13.0. The topological polar surface area (TPSA) is 340 Å². The summed E-state index contributed by atoms with van der Waals surface area (Å²) < 4.78 is 58.8. The number of benzene rings is 3. The molecule has 79 heavy (non-hydrogen) atoms. The Kier molecular flexibility index (Phi) is 20.2.